The molecule has 208 valence electrons. The van der Waals surface area contributed by atoms with Crippen LogP contribution in [0.15, 0.2) is 54.7 Å². The van der Waals surface area contributed by atoms with Gasteiger partial charge < -0.3 is 19.9 Å². The van der Waals surface area contributed by atoms with E-state index in [0.717, 1.165) is 0 Å². The molecular formula is C29H34FN3O6. The van der Waals surface area contributed by atoms with E-state index in [1.54, 1.807) is 59.7 Å². The topological polar surface area (TPSA) is 123 Å². The van der Waals surface area contributed by atoms with Gasteiger partial charge in [-0.1, -0.05) is 12.1 Å². The Balaban J connectivity index is 1.74. The van der Waals surface area contributed by atoms with E-state index in [2.05, 4.69) is 5.10 Å². The highest BCUT2D eigenvalue weighted by molar-refractivity contribution is 6.11. The van der Waals surface area contributed by atoms with E-state index in [0.29, 0.717) is 17.0 Å². The maximum absolute atomic E-state index is 13.3. The quantitative estimate of drug-likeness (QED) is 0.305. The van der Waals surface area contributed by atoms with Gasteiger partial charge in [0.2, 0.25) is 0 Å². The summed E-state index contributed by atoms with van der Waals surface area (Å²) < 4.78 is 31.4. The summed E-state index contributed by atoms with van der Waals surface area (Å²) in [5, 5.41) is 4.17. The molecule has 0 aliphatic rings. The molecule has 0 aliphatic heterocycles. The minimum Gasteiger partial charge on any atom is -0.490 e. The van der Waals surface area contributed by atoms with Crippen LogP contribution in [0.4, 0.5) is 10.2 Å². The van der Waals surface area contributed by atoms with Gasteiger partial charge in [-0.3, -0.25) is 14.4 Å². The van der Waals surface area contributed by atoms with Crippen molar-refractivity contribution in [1.82, 2.24) is 9.78 Å². The second-order valence-electron chi connectivity index (χ2n) is 11.1. The van der Waals surface area contributed by atoms with E-state index in [4.69, 9.17) is 19.9 Å². The number of nitrogens with two attached hydrogens (primary N) is 1. The summed E-state index contributed by atoms with van der Waals surface area (Å²) in [7, 11) is 0. The summed E-state index contributed by atoms with van der Waals surface area (Å²) in [4.78, 5) is 37.9. The second kappa shape index (κ2) is 11.7. The standard InChI is InChI=1S/C29H34FN3O6/c1-28(2,3)26(35)38-17-22(39-27(36)29(4,5)6)16-37-21-9-7-8-18(14-21)24(34)23-15-32-33(25(23)31)20-12-10-19(30)11-13-20/h7-15,22H,16-17,31H2,1-6H3/t22-/m0/s1. The van der Waals surface area contributed by atoms with E-state index in [1.165, 1.54) is 41.2 Å². The molecule has 39 heavy (non-hydrogen) atoms. The molecular weight excluding hydrogens is 505 g/mol. The monoisotopic (exact) mass is 539 g/mol. The number of esters is 2. The first-order chi connectivity index (χ1) is 18.2. The van der Waals surface area contributed by atoms with Gasteiger partial charge in [-0.05, 0) is 77.9 Å². The molecule has 1 atom stereocenters. The SMILES string of the molecule is CC(C)(C)C(=O)OC[C@H](COc1cccc(C(=O)c2cnn(-c3ccc(F)cc3)c2N)c1)OC(=O)C(C)(C)C. The average molecular weight is 540 g/mol. The van der Waals surface area contributed by atoms with Crippen molar-refractivity contribution in [2.75, 3.05) is 18.9 Å². The van der Waals surface area contributed by atoms with Crippen molar-refractivity contribution >= 4 is 23.5 Å². The summed E-state index contributed by atoms with van der Waals surface area (Å²) >= 11 is 0. The third-order valence-electron chi connectivity index (χ3n) is 5.55. The lowest BCUT2D eigenvalue weighted by molar-refractivity contribution is -0.170. The van der Waals surface area contributed by atoms with Crippen LogP contribution in [0, 0.1) is 16.6 Å². The third-order valence-corrected chi connectivity index (χ3v) is 5.55. The number of carbonyl (C=O) groups is 3. The van der Waals surface area contributed by atoms with Gasteiger partial charge in [0.1, 0.15) is 30.6 Å². The molecule has 0 saturated carbocycles. The number of benzene rings is 2. The average Bonchev–Trinajstić information content (AvgIpc) is 3.25. The van der Waals surface area contributed by atoms with Crippen molar-refractivity contribution < 1.29 is 33.0 Å². The number of hydrogen-bond acceptors (Lipinski definition) is 8. The summed E-state index contributed by atoms with van der Waals surface area (Å²) in [6.07, 6.45) is 0.479. The lowest BCUT2D eigenvalue weighted by atomic mass is 9.97. The first-order valence-corrected chi connectivity index (χ1v) is 12.4. The van der Waals surface area contributed by atoms with Crippen LogP contribution in [-0.4, -0.2) is 46.8 Å². The van der Waals surface area contributed by atoms with Gasteiger partial charge in [0.05, 0.1) is 28.3 Å². The molecule has 10 heteroatoms. The molecule has 3 rings (SSSR count). The van der Waals surface area contributed by atoms with Crippen LogP contribution >= 0.6 is 0 Å². The van der Waals surface area contributed by atoms with Crippen LogP contribution in [-0.2, 0) is 19.1 Å². The normalized spacial score (nSPS) is 12.5. The number of ether oxygens (including phenoxy) is 3. The molecule has 0 unspecified atom stereocenters. The Bertz CT molecular complexity index is 1340. The molecule has 0 bridgehead atoms. The number of carbonyl (C=O) groups excluding carboxylic acids is 3. The molecule has 0 amide bonds. The Morgan fingerprint density at radius 1 is 0.949 bits per heavy atom. The van der Waals surface area contributed by atoms with E-state index >= 15 is 0 Å². The van der Waals surface area contributed by atoms with Gasteiger partial charge >= 0.3 is 11.9 Å². The van der Waals surface area contributed by atoms with Crippen molar-refractivity contribution in [3.8, 4) is 11.4 Å². The number of nitrogen functional groups attached to an aromatic ring is 1. The number of nitrogens with zero attached hydrogens (tertiary/aromatic N) is 2. The lowest BCUT2D eigenvalue weighted by Crippen LogP contribution is -2.36. The summed E-state index contributed by atoms with van der Waals surface area (Å²) in [5.41, 5.74) is 5.66. The molecule has 2 aromatic carbocycles. The summed E-state index contributed by atoms with van der Waals surface area (Å²) in [6.45, 7) is 10.0. The Kier molecular flexibility index (Phi) is 8.78. The highest BCUT2D eigenvalue weighted by Gasteiger charge is 2.29. The number of halogens is 1. The molecule has 3 aromatic rings. The van der Waals surface area contributed by atoms with Gasteiger partial charge in [-0.15, -0.1) is 0 Å². The number of anilines is 1. The smallest absolute Gasteiger partial charge is 0.311 e. The van der Waals surface area contributed by atoms with E-state index in [9.17, 15) is 18.8 Å². The van der Waals surface area contributed by atoms with Crippen LogP contribution in [0.3, 0.4) is 0 Å². The van der Waals surface area contributed by atoms with Gasteiger partial charge in [-0.25, -0.2) is 9.07 Å². The minimum atomic E-state index is -0.869. The zero-order valence-corrected chi connectivity index (χ0v) is 23.0. The summed E-state index contributed by atoms with van der Waals surface area (Å²) in [6, 6.07) is 12.0. The fourth-order valence-corrected chi connectivity index (χ4v) is 3.22. The van der Waals surface area contributed by atoms with Crippen molar-refractivity contribution in [1.29, 1.82) is 0 Å². The zero-order valence-electron chi connectivity index (χ0n) is 23.0. The Labute approximate surface area is 227 Å². The number of hydrogen-bond donors (Lipinski definition) is 1. The maximum Gasteiger partial charge on any atom is 0.311 e. The first kappa shape index (κ1) is 29.3. The largest absolute Gasteiger partial charge is 0.490 e. The molecule has 0 spiro atoms. The minimum absolute atomic E-state index is 0.104. The number of ketones is 1. The maximum atomic E-state index is 13.3. The molecule has 0 fully saturated rings. The van der Waals surface area contributed by atoms with Gasteiger partial charge in [0.25, 0.3) is 0 Å². The van der Waals surface area contributed by atoms with E-state index < -0.39 is 34.7 Å². The summed E-state index contributed by atoms with van der Waals surface area (Å²) in [5.74, 6) is -1.26. The van der Waals surface area contributed by atoms with Crippen LogP contribution in [0.1, 0.15) is 57.5 Å². The van der Waals surface area contributed by atoms with Gasteiger partial charge in [0, 0.05) is 5.56 Å². The Hall–Kier alpha value is -4.21. The molecule has 1 heterocycles. The molecule has 0 radical (unpaired) electrons. The molecule has 2 N–H and O–H groups in total. The van der Waals surface area contributed by atoms with Crippen molar-refractivity contribution in [2.24, 2.45) is 10.8 Å². The van der Waals surface area contributed by atoms with Crippen LogP contribution in [0.25, 0.3) is 5.69 Å². The lowest BCUT2D eigenvalue weighted by Gasteiger charge is -2.25. The predicted octanol–water partition coefficient (Wildman–Crippen LogP) is 4.75. The molecule has 9 nitrogen and oxygen atoms in total. The Morgan fingerprint density at radius 3 is 2.21 bits per heavy atom. The van der Waals surface area contributed by atoms with Gasteiger partial charge in [0.15, 0.2) is 11.9 Å². The third kappa shape index (κ3) is 7.66. The zero-order chi connectivity index (χ0) is 29.0. The van der Waals surface area contributed by atoms with Crippen molar-refractivity contribution in [3.05, 3.63) is 71.7 Å². The van der Waals surface area contributed by atoms with Crippen molar-refractivity contribution in [2.45, 2.75) is 47.6 Å². The fourth-order valence-electron chi connectivity index (χ4n) is 3.22. The number of rotatable bonds is 9. The number of aromatic nitrogens is 2. The molecule has 0 saturated heterocycles. The van der Waals surface area contributed by atoms with E-state index in [-0.39, 0.29) is 30.4 Å². The highest BCUT2D eigenvalue weighted by Crippen LogP contribution is 2.24. The second-order valence-corrected chi connectivity index (χ2v) is 11.1. The van der Waals surface area contributed by atoms with Crippen LogP contribution in [0.2, 0.25) is 0 Å². The highest BCUT2D eigenvalue weighted by atomic mass is 19.1. The van der Waals surface area contributed by atoms with E-state index in [1.807, 2.05) is 0 Å². The van der Waals surface area contributed by atoms with Crippen LogP contribution < -0.4 is 10.5 Å². The van der Waals surface area contributed by atoms with Crippen LogP contribution in [0.5, 0.6) is 5.75 Å². The fraction of sp³-hybridized carbons (Fsp3) is 0.379. The molecule has 0 aliphatic carbocycles. The van der Waals surface area contributed by atoms with Gasteiger partial charge in [-0.2, -0.15) is 5.10 Å². The van der Waals surface area contributed by atoms with Crippen molar-refractivity contribution in [3.63, 3.8) is 0 Å². The Morgan fingerprint density at radius 2 is 1.59 bits per heavy atom. The first-order valence-electron chi connectivity index (χ1n) is 12.4. The predicted molar refractivity (Wildman–Crippen MR) is 143 cm³/mol. The molecule has 1 aromatic heterocycles.